The maximum absolute atomic E-state index is 12.8. The molecule has 0 saturated carbocycles. The van der Waals surface area contributed by atoms with E-state index >= 15 is 0 Å². The molecule has 5 heteroatoms. The fourth-order valence-corrected chi connectivity index (χ4v) is 4.01. The van der Waals surface area contributed by atoms with E-state index < -0.39 is 0 Å². The van der Waals surface area contributed by atoms with Gasteiger partial charge in [-0.3, -0.25) is 4.79 Å². The Morgan fingerprint density at radius 3 is 2.26 bits per heavy atom. The molecule has 142 valence electrons. The molecule has 2 fully saturated rings. The molecule has 0 radical (unpaired) electrons. The van der Waals surface area contributed by atoms with Crippen molar-refractivity contribution in [2.75, 3.05) is 49.1 Å². The van der Waals surface area contributed by atoms with Crippen LogP contribution >= 0.6 is 0 Å². The zero-order valence-corrected chi connectivity index (χ0v) is 16.1. The van der Waals surface area contributed by atoms with Crippen molar-refractivity contribution in [2.45, 2.75) is 26.2 Å². The minimum Gasteiger partial charge on any atom is -0.370 e. The molecule has 3 heterocycles. The largest absolute Gasteiger partial charge is 0.370 e. The third kappa shape index (κ3) is 4.07. The lowest BCUT2D eigenvalue weighted by Crippen LogP contribution is -2.49. The summed E-state index contributed by atoms with van der Waals surface area (Å²) in [7, 11) is 0. The Labute approximate surface area is 161 Å². The van der Waals surface area contributed by atoms with Gasteiger partial charge in [0.1, 0.15) is 5.69 Å². The molecule has 0 aliphatic carbocycles. The van der Waals surface area contributed by atoms with Crippen molar-refractivity contribution >= 4 is 17.3 Å². The van der Waals surface area contributed by atoms with Crippen LogP contribution in [0.1, 0.15) is 35.3 Å². The van der Waals surface area contributed by atoms with Crippen molar-refractivity contribution in [3.05, 3.63) is 53.9 Å². The summed E-state index contributed by atoms with van der Waals surface area (Å²) in [6.07, 6.45) is 5.66. The second-order valence-corrected chi connectivity index (χ2v) is 7.57. The Balaban J connectivity index is 1.36. The van der Waals surface area contributed by atoms with E-state index in [-0.39, 0.29) is 5.91 Å². The molecule has 0 N–H and O–H groups in total. The highest BCUT2D eigenvalue weighted by atomic mass is 16.2. The minimum atomic E-state index is 0.0455. The van der Waals surface area contributed by atoms with Gasteiger partial charge in [-0.25, -0.2) is 4.98 Å². The first-order valence-electron chi connectivity index (χ1n) is 10.0. The summed E-state index contributed by atoms with van der Waals surface area (Å²) < 4.78 is 0. The van der Waals surface area contributed by atoms with Gasteiger partial charge in [-0.05, 0) is 56.0 Å². The molecular formula is C22H28N4O. The van der Waals surface area contributed by atoms with Crippen molar-refractivity contribution in [3.63, 3.8) is 0 Å². The summed E-state index contributed by atoms with van der Waals surface area (Å²) in [5.41, 5.74) is 4.20. The lowest BCUT2D eigenvalue weighted by Gasteiger charge is -2.36. The number of aromatic nitrogens is 1. The highest BCUT2D eigenvalue weighted by Crippen LogP contribution is 2.21. The molecule has 1 aromatic heterocycles. The standard InChI is InChI=1S/C22H28N4O/c1-18-6-5-7-19(16-18)25-12-14-26(15-13-25)22(27)21-9-8-20(17-23-21)24-10-3-2-4-11-24/h5-9,16-17H,2-4,10-15H2,1H3. The van der Waals surface area contributed by atoms with Crippen molar-refractivity contribution < 1.29 is 4.79 Å². The van der Waals surface area contributed by atoms with Crippen LogP contribution < -0.4 is 9.80 Å². The van der Waals surface area contributed by atoms with Crippen LogP contribution in [0.4, 0.5) is 11.4 Å². The van der Waals surface area contributed by atoms with Gasteiger partial charge in [-0.1, -0.05) is 12.1 Å². The minimum absolute atomic E-state index is 0.0455. The Morgan fingerprint density at radius 2 is 1.59 bits per heavy atom. The molecule has 5 nitrogen and oxygen atoms in total. The summed E-state index contributed by atoms with van der Waals surface area (Å²) in [4.78, 5) is 23.9. The number of benzene rings is 1. The maximum atomic E-state index is 12.8. The first kappa shape index (κ1) is 17.8. The number of pyridine rings is 1. The van der Waals surface area contributed by atoms with Crippen LogP contribution in [0.15, 0.2) is 42.6 Å². The molecule has 2 saturated heterocycles. The van der Waals surface area contributed by atoms with Gasteiger partial charge in [0.2, 0.25) is 0 Å². The lowest BCUT2D eigenvalue weighted by molar-refractivity contribution is 0.0741. The average Bonchev–Trinajstić information content (AvgIpc) is 2.74. The van der Waals surface area contributed by atoms with Crippen LogP contribution in [0.5, 0.6) is 0 Å². The Morgan fingerprint density at radius 1 is 0.852 bits per heavy atom. The second kappa shape index (κ2) is 7.99. The number of hydrogen-bond acceptors (Lipinski definition) is 4. The van der Waals surface area contributed by atoms with E-state index in [1.165, 1.54) is 30.5 Å². The van der Waals surface area contributed by atoms with Gasteiger partial charge in [0.25, 0.3) is 5.91 Å². The molecule has 0 bridgehead atoms. The molecule has 1 amide bonds. The van der Waals surface area contributed by atoms with E-state index in [0.29, 0.717) is 5.69 Å². The molecule has 2 aliphatic heterocycles. The predicted molar refractivity (Wildman–Crippen MR) is 110 cm³/mol. The fourth-order valence-electron chi connectivity index (χ4n) is 4.01. The van der Waals surface area contributed by atoms with E-state index in [9.17, 15) is 4.79 Å². The van der Waals surface area contributed by atoms with Crippen molar-refractivity contribution in [1.29, 1.82) is 0 Å². The highest BCUT2D eigenvalue weighted by molar-refractivity contribution is 5.92. The molecule has 2 aliphatic rings. The van der Waals surface area contributed by atoms with Crippen molar-refractivity contribution in [3.8, 4) is 0 Å². The molecule has 1 aromatic carbocycles. The summed E-state index contributed by atoms with van der Waals surface area (Å²) in [5.74, 6) is 0.0455. The van der Waals surface area contributed by atoms with Gasteiger partial charge >= 0.3 is 0 Å². The lowest BCUT2D eigenvalue weighted by atomic mass is 10.1. The Hall–Kier alpha value is -2.56. The van der Waals surface area contributed by atoms with Crippen LogP contribution in [0.3, 0.4) is 0 Å². The summed E-state index contributed by atoms with van der Waals surface area (Å²) >= 11 is 0. The number of rotatable bonds is 3. The number of aryl methyl sites for hydroxylation is 1. The van der Waals surface area contributed by atoms with Gasteiger partial charge in [0.05, 0.1) is 11.9 Å². The first-order valence-corrected chi connectivity index (χ1v) is 10.0. The third-order valence-electron chi connectivity index (χ3n) is 5.62. The second-order valence-electron chi connectivity index (χ2n) is 7.57. The SMILES string of the molecule is Cc1cccc(N2CCN(C(=O)c3ccc(N4CCCCC4)cn3)CC2)c1. The van der Waals surface area contributed by atoms with Gasteiger partial charge in [0, 0.05) is 45.0 Å². The van der Waals surface area contributed by atoms with E-state index in [2.05, 4.69) is 52.0 Å². The Kier molecular flexibility index (Phi) is 5.28. The molecule has 2 aromatic rings. The van der Waals surface area contributed by atoms with Crippen LogP contribution in [0.25, 0.3) is 0 Å². The van der Waals surface area contributed by atoms with Gasteiger partial charge in [0.15, 0.2) is 0 Å². The number of nitrogens with zero attached hydrogens (tertiary/aromatic N) is 4. The number of piperazine rings is 1. The molecule has 0 unspecified atom stereocenters. The molecule has 27 heavy (non-hydrogen) atoms. The molecule has 0 atom stereocenters. The predicted octanol–water partition coefficient (Wildman–Crippen LogP) is 3.34. The van der Waals surface area contributed by atoms with Crippen LogP contribution in [0, 0.1) is 6.92 Å². The topological polar surface area (TPSA) is 39.7 Å². The summed E-state index contributed by atoms with van der Waals surface area (Å²) in [6, 6.07) is 12.5. The zero-order chi connectivity index (χ0) is 18.6. The smallest absolute Gasteiger partial charge is 0.272 e. The van der Waals surface area contributed by atoms with E-state index in [4.69, 9.17) is 0 Å². The quantitative estimate of drug-likeness (QED) is 0.837. The van der Waals surface area contributed by atoms with Crippen LogP contribution in [-0.4, -0.2) is 55.1 Å². The number of piperidine rings is 1. The maximum Gasteiger partial charge on any atom is 0.272 e. The van der Waals surface area contributed by atoms with Crippen molar-refractivity contribution in [1.82, 2.24) is 9.88 Å². The Bertz CT molecular complexity index is 775. The van der Waals surface area contributed by atoms with E-state index in [0.717, 1.165) is 45.0 Å². The summed E-state index contributed by atoms with van der Waals surface area (Å²) in [5, 5.41) is 0. The van der Waals surface area contributed by atoms with E-state index in [1.807, 2.05) is 17.2 Å². The summed E-state index contributed by atoms with van der Waals surface area (Å²) in [6.45, 7) is 7.50. The van der Waals surface area contributed by atoms with Crippen LogP contribution in [0.2, 0.25) is 0 Å². The van der Waals surface area contributed by atoms with Crippen LogP contribution in [-0.2, 0) is 0 Å². The zero-order valence-electron chi connectivity index (χ0n) is 16.1. The van der Waals surface area contributed by atoms with Gasteiger partial charge < -0.3 is 14.7 Å². The molecule has 0 spiro atoms. The highest BCUT2D eigenvalue weighted by Gasteiger charge is 2.23. The van der Waals surface area contributed by atoms with Crippen molar-refractivity contribution in [2.24, 2.45) is 0 Å². The number of hydrogen-bond donors (Lipinski definition) is 0. The number of amides is 1. The van der Waals surface area contributed by atoms with Gasteiger partial charge in [-0.15, -0.1) is 0 Å². The molecular weight excluding hydrogens is 336 g/mol. The number of carbonyl (C=O) groups is 1. The number of carbonyl (C=O) groups excluding carboxylic acids is 1. The first-order chi connectivity index (χ1) is 13.2. The van der Waals surface area contributed by atoms with E-state index in [1.54, 1.807) is 0 Å². The fraction of sp³-hybridized carbons (Fsp3) is 0.455. The molecule has 4 rings (SSSR count). The number of anilines is 2. The monoisotopic (exact) mass is 364 g/mol. The van der Waals surface area contributed by atoms with Gasteiger partial charge in [-0.2, -0.15) is 0 Å². The third-order valence-corrected chi connectivity index (χ3v) is 5.62. The average molecular weight is 364 g/mol. The normalized spacial score (nSPS) is 17.9.